The third-order valence-corrected chi connectivity index (χ3v) is 2.80. The number of nitrogens with one attached hydrogen (secondary N) is 1. The predicted octanol–water partition coefficient (Wildman–Crippen LogP) is 3.18. The number of alkyl carbamates (subject to hydrolysis) is 1. The van der Waals surface area contributed by atoms with Crippen LogP contribution in [0.15, 0.2) is 35.5 Å². The van der Waals surface area contributed by atoms with E-state index in [1.54, 1.807) is 6.08 Å². The lowest BCUT2D eigenvalue weighted by atomic mass is 9.90. The standard InChI is InChI=1S/C12H12ClNO4/c1-12(2)6-7-4-3-5-17-8(7)9(12)18-11(16)14-10(13)15/h3-5H,6H2,1-2H3,(H,14,15,16). The highest BCUT2D eigenvalue weighted by Crippen LogP contribution is 2.47. The highest BCUT2D eigenvalue weighted by atomic mass is 35.5. The molecule has 0 fully saturated rings. The number of ether oxygens (including phenoxy) is 2. The van der Waals surface area contributed by atoms with Gasteiger partial charge in [0, 0.05) is 5.41 Å². The molecule has 96 valence electrons. The van der Waals surface area contributed by atoms with Crippen molar-refractivity contribution in [3.63, 3.8) is 0 Å². The van der Waals surface area contributed by atoms with Gasteiger partial charge in [-0.15, -0.1) is 0 Å². The summed E-state index contributed by atoms with van der Waals surface area (Å²) < 4.78 is 10.5. The van der Waals surface area contributed by atoms with Crippen LogP contribution in [0.5, 0.6) is 0 Å². The highest BCUT2D eigenvalue weighted by Gasteiger charge is 2.40. The number of carbonyl (C=O) groups excluding carboxylic acids is 2. The van der Waals surface area contributed by atoms with Gasteiger partial charge in [-0.1, -0.05) is 19.9 Å². The first-order chi connectivity index (χ1) is 8.40. The van der Waals surface area contributed by atoms with Gasteiger partial charge in [0.25, 0.3) is 0 Å². The molecule has 2 aliphatic rings. The van der Waals surface area contributed by atoms with Crippen LogP contribution in [0.2, 0.25) is 0 Å². The Kier molecular flexibility index (Phi) is 3.17. The summed E-state index contributed by atoms with van der Waals surface area (Å²) in [7, 11) is 0. The van der Waals surface area contributed by atoms with Crippen LogP contribution in [0.4, 0.5) is 9.59 Å². The predicted molar refractivity (Wildman–Crippen MR) is 64.6 cm³/mol. The van der Waals surface area contributed by atoms with Crippen molar-refractivity contribution in [2.75, 3.05) is 0 Å². The molecule has 0 aromatic rings. The average Bonchev–Trinajstić information content (AvgIpc) is 2.49. The van der Waals surface area contributed by atoms with E-state index < -0.39 is 11.5 Å². The number of fused-ring (bicyclic) bond motifs is 1. The molecule has 0 spiro atoms. The topological polar surface area (TPSA) is 64.6 Å². The van der Waals surface area contributed by atoms with Gasteiger partial charge in [0.15, 0.2) is 11.5 Å². The Morgan fingerprint density at radius 1 is 1.50 bits per heavy atom. The summed E-state index contributed by atoms with van der Waals surface area (Å²) in [5, 5.41) is 0.857. The monoisotopic (exact) mass is 269 g/mol. The van der Waals surface area contributed by atoms with Crippen LogP contribution in [0, 0.1) is 5.41 Å². The van der Waals surface area contributed by atoms with Crippen molar-refractivity contribution < 1.29 is 19.1 Å². The first kappa shape index (κ1) is 12.7. The second-order valence-electron chi connectivity index (χ2n) is 4.65. The van der Waals surface area contributed by atoms with Gasteiger partial charge in [-0.3, -0.25) is 4.79 Å². The lowest BCUT2D eigenvalue weighted by Crippen LogP contribution is -2.28. The molecule has 0 aromatic heterocycles. The Labute approximate surface area is 109 Å². The molecule has 2 amide bonds. The molecule has 0 saturated heterocycles. The van der Waals surface area contributed by atoms with E-state index in [1.165, 1.54) is 6.26 Å². The zero-order valence-electron chi connectivity index (χ0n) is 9.95. The van der Waals surface area contributed by atoms with Gasteiger partial charge in [0.2, 0.25) is 0 Å². The SMILES string of the molecule is CC1(C)CC2=CC=COC2=C1OC(=O)NC(=O)Cl. The number of amides is 2. The lowest BCUT2D eigenvalue weighted by molar-refractivity contribution is 0.149. The van der Waals surface area contributed by atoms with Gasteiger partial charge in [0.05, 0.1) is 6.26 Å². The van der Waals surface area contributed by atoms with Gasteiger partial charge in [0.1, 0.15) is 0 Å². The molecule has 1 aliphatic heterocycles. The summed E-state index contributed by atoms with van der Waals surface area (Å²) >= 11 is 5.05. The van der Waals surface area contributed by atoms with Crippen LogP contribution >= 0.6 is 11.6 Å². The van der Waals surface area contributed by atoms with Crippen LogP contribution in [0.1, 0.15) is 20.3 Å². The summed E-state index contributed by atoms with van der Waals surface area (Å²) in [5.41, 5.74) is 0.586. The molecule has 0 radical (unpaired) electrons. The minimum absolute atomic E-state index is 0.375. The Bertz CT molecular complexity index is 502. The van der Waals surface area contributed by atoms with Gasteiger partial charge in [-0.2, -0.15) is 0 Å². The van der Waals surface area contributed by atoms with Crippen LogP contribution in [-0.4, -0.2) is 11.5 Å². The molecule has 2 rings (SSSR count). The number of rotatable bonds is 1. The largest absolute Gasteiger partial charge is 0.461 e. The minimum atomic E-state index is -0.985. The zero-order valence-corrected chi connectivity index (χ0v) is 10.7. The quantitative estimate of drug-likeness (QED) is 0.586. The molecule has 1 N–H and O–H groups in total. The fourth-order valence-electron chi connectivity index (χ4n) is 2.00. The van der Waals surface area contributed by atoms with Crippen molar-refractivity contribution in [3.05, 3.63) is 35.5 Å². The Balaban J connectivity index is 2.24. The first-order valence-corrected chi connectivity index (χ1v) is 5.74. The molecule has 0 saturated carbocycles. The maximum Gasteiger partial charge on any atom is 0.420 e. The van der Waals surface area contributed by atoms with E-state index in [-0.39, 0.29) is 5.41 Å². The molecule has 5 nitrogen and oxygen atoms in total. The van der Waals surface area contributed by atoms with Crippen LogP contribution in [-0.2, 0) is 9.47 Å². The number of carbonyl (C=O) groups is 2. The van der Waals surface area contributed by atoms with E-state index >= 15 is 0 Å². The number of halogens is 1. The first-order valence-electron chi connectivity index (χ1n) is 5.36. The normalized spacial score (nSPS) is 19.8. The molecule has 0 bridgehead atoms. The van der Waals surface area contributed by atoms with Crippen LogP contribution in [0.25, 0.3) is 0 Å². The maximum absolute atomic E-state index is 11.4. The fourth-order valence-corrected chi connectivity index (χ4v) is 2.08. The zero-order chi connectivity index (χ0) is 13.3. The summed E-state index contributed by atoms with van der Waals surface area (Å²) in [6.07, 6.45) is 4.98. The van der Waals surface area contributed by atoms with Crippen molar-refractivity contribution in [3.8, 4) is 0 Å². The molecule has 0 atom stereocenters. The molecule has 0 aromatic carbocycles. The van der Waals surface area contributed by atoms with Crippen LogP contribution in [0.3, 0.4) is 0 Å². The number of hydrogen-bond acceptors (Lipinski definition) is 4. The number of allylic oxidation sites excluding steroid dienone is 4. The lowest BCUT2D eigenvalue weighted by Gasteiger charge is -2.20. The van der Waals surface area contributed by atoms with Crippen molar-refractivity contribution in [2.45, 2.75) is 20.3 Å². The Hall–Kier alpha value is -1.75. The second-order valence-corrected chi connectivity index (χ2v) is 4.99. The molecular formula is C12H12ClNO4. The van der Waals surface area contributed by atoms with E-state index in [9.17, 15) is 9.59 Å². The van der Waals surface area contributed by atoms with E-state index in [1.807, 2.05) is 25.2 Å². The van der Waals surface area contributed by atoms with Crippen molar-refractivity contribution >= 4 is 23.1 Å². The Morgan fingerprint density at radius 2 is 2.22 bits per heavy atom. The summed E-state index contributed by atoms with van der Waals surface area (Å²) in [6, 6.07) is 0. The minimum Gasteiger partial charge on any atom is -0.461 e. The number of imide groups is 1. The van der Waals surface area contributed by atoms with Crippen LogP contribution < -0.4 is 5.32 Å². The van der Waals surface area contributed by atoms with Gasteiger partial charge in [-0.05, 0) is 29.7 Å². The smallest absolute Gasteiger partial charge is 0.420 e. The second kappa shape index (κ2) is 4.49. The molecule has 18 heavy (non-hydrogen) atoms. The molecular weight excluding hydrogens is 258 g/mol. The molecule has 1 aliphatic carbocycles. The van der Waals surface area contributed by atoms with Crippen molar-refractivity contribution in [2.24, 2.45) is 5.41 Å². The van der Waals surface area contributed by atoms with Crippen molar-refractivity contribution in [1.29, 1.82) is 0 Å². The average molecular weight is 270 g/mol. The van der Waals surface area contributed by atoms with E-state index in [0.717, 1.165) is 5.57 Å². The molecule has 6 heteroatoms. The number of hydrogen-bond donors (Lipinski definition) is 1. The third kappa shape index (κ3) is 2.41. The summed E-state index contributed by atoms with van der Waals surface area (Å²) in [4.78, 5) is 22.0. The molecule has 1 heterocycles. The summed E-state index contributed by atoms with van der Waals surface area (Å²) in [5.74, 6) is 0.924. The van der Waals surface area contributed by atoms with E-state index in [0.29, 0.717) is 17.9 Å². The summed E-state index contributed by atoms with van der Waals surface area (Å²) in [6.45, 7) is 3.85. The van der Waals surface area contributed by atoms with Crippen molar-refractivity contribution in [1.82, 2.24) is 5.32 Å². The van der Waals surface area contributed by atoms with Gasteiger partial charge >= 0.3 is 11.5 Å². The van der Waals surface area contributed by atoms with Gasteiger partial charge in [-0.25, -0.2) is 10.1 Å². The maximum atomic E-state index is 11.4. The van der Waals surface area contributed by atoms with E-state index in [4.69, 9.17) is 21.1 Å². The fraction of sp³-hybridized carbons (Fsp3) is 0.333. The molecule has 0 unspecified atom stereocenters. The highest BCUT2D eigenvalue weighted by molar-refractivity contribution is 6.64. The van der Waals surface area contributed by atoms with E-state index in [2.05, 4.69) is 0 Å². The Morgan fingerprint density at radius 3 is 2.89 bits per heavy atom. The van der Waals surface area contributed by atoms with Gasteiger partial charge < -0.3 is 9.47 Å². The third-order valence-electron chi connectivity index (χ3n) is 2.70.